The summed E-state index contributed by atoms with van der Waals surface area (Å²) in [5, 5.41) is 0. The second-order valence-electron chi connectivity index (χ2n) is 4.78. The van der Waals surface area contributed by atoms with Crippen LogP contribution in [0.5, 0.6) is 0 Å². The van der Waals surface area contributed by atoms with E-state index in [1.165, 1.54) is 28.0 Å². The molecule has 0 aromatic heterocycles. The lowest BCUT2D eigenvalue weighted by atomic mass is 10.1. The Bertz CT molecular complexity index is 460. The normalized spacial score (nSPS) is 16.2. The van der Waals surface area contributed by atoms with E-state index in [0.29, 0.717) is 0 Å². The summed E-state index contributed by atoms with van der Waals surface area (Å²) in [5.74, 6) is 0. The molecule has 0 amide bonds. The topological polar surface area (TPSA) is 3.24 Å². The molecular formula is C15H19N. The van der Waals surface area contributed by atoms with Crippen molar-refractivity contribution < 1.29 is 0 Å². The Morgan fingerprint density at radius 3 is 2.00 bits per heavy atom. The van der Waals surface area contributed by atoms with Gasteiger partial charge < -0.3 is 4.90 Å². The highest BCUT2D eigenvalue weighted by Gasteiger charge is 2.20. The first kappa shape index (κ1) is 11.0. The van der Waals surface area contributed by atoms with Crippen molar-refractivity contribution in [1.82, 2.24) is 0 Å². The quantitative estimate of drug-likeness (QED) is 0.682. The lowest BCUT2D eigenvalue weighted by Gasteiger charge is -2.21. The first-order valence-corrected chi connectivity index (χ1v) is 5.70. The number of allylic oxidation sites excluding steroid dienone is 1. The Labute approximate surface area is 98.1 Å². The van der Waals surface area contributed by atoms with Gasteiger partial charge in [-0.25, -0.2) is 0 Å². The zero-order chi connectivity index (χ0) is 11.9. The van der Waals surface area contributed by atoms with Crippen LogP contribution in [0, 0.1) is 13.8 Å². The third-order valence-corrected chi connectivity index (χ3v) is 3.31. The molecule has 0 radical (unpaired) electrons. The van der Waals surface area contributed by atoms with Gasteiger partial charge >= 0.3 is 0 Å². The van der Waals surface area contributed by atoms with Crippen LogP contribution in [-0.2, 0) is 0 Å². The highest BCUT2D eigenvalue weighted by molar-refractivity contribution is 5.63. The fourth-order valence-corrected chi connectivity index (χ4v) is 2.25. The fraction of sp³-hybridized carbons (Fsp3) is 0.333. The minimum atomic E-state index is 0.980. The van der Waals surface area contributed by atoms with Crippen molar-refractivity contribution in [2.45, 2.75) is 27.7 Å². The Kier molecular flexibility index (Phi) is 2.63. The highest BCUT2D eigenvalue weighted by atomic mass is 15.2. The van der Waals surface area contributed by atoms with Gasteiger partial charge in [0.05, 0.1) is 0 Å². The summed E-state index contributed by atoms with van der Waals surface area (Å²) in [6, 6.07) is 6.66. The van der Waals surface area contributed by atoms with E-state index in [-0.39, 0.29) is 0 Å². The highest BCUT2D eigenvalue weighted by Crippen LogP contribution is 2.32. The van der Waals surface area contributed by atoms with Gasteiger partial charge in [0.25, 0.3) is 0 Å². The summed E-state index contributed by atoms with van der Waals surface area (Å²) in [4.78, 5) is 2.30. The van der Waals surface area contributed by atoms with Crippen molar-refractivity contribution >= 4 is 5.69 Å². The van der Waals surface area contributed by atoms with Gasteiger partial charge in [-0.1, -0.05) is 12.6 Å². The molecular weight excluding hydrogens is 194 g/mol. The van der Waals surface area contributed by atoms with E-state index in [1.807, 2.05) is 0 Å². The van der Waals surface area contributed by atoms with Crippen LogP contribution in [0.1, 0.15) is 25.0 Å². The van der Waals surface area contributed by atoms with Crippen molar-refractivity contribution in [1.29, 1.82) is 0 Å². The third kappa shape index (κ3) is 1.78. The molecule has 1 aromatic carbocycles. The van der Waals surface area contributed by atoms with Crippen LogP contribution in [0.15, 0.2) is 41.6 Å². The Morgan fingerprint density at radius 2 is 1.56 bits per heavy atom. The molecule has 1 aliphatic heterocycles. The number of hydrogen-bond donors (Lipinski definition) is 0. The predicted molar refractivity (Wildman–Crippen MR) is 70.8 cm³/mol. The Morgan fingerprint density at radius 1 is 1.00 bits per heavy atom. The number of nitrogens with zero attached hydrogens (tertiary/aromatic N) is 1. The van der Waals surface area contributed by atoms with Gasteiger partial charge in [0.15, 0.2) is 0 Å². The first-order valence-electron chi connectivity index (χ1n) is 5.70. The largest absolute Gasteiger partial charge is 0.338 e. The monoisotopic (exact) mass is 213 g/mol. The summed E-state index contributed by atoms with van der Waals surface area (Å²) in [7, 11) is 0. The average Bonchev–Trinajstić information content (AvgIpc) is 2.44. The molecule has 0 atom stereocenters. The zero-order valence-electron chi connectivity index (χ0n) is 10.6. The number of rotatable bonds is 1. The van der Waals surface area contributed by atoms with Gasteiger partial charge in [-0.05, 0) is 62.1 Å². The predicted octanol–water partition coefficient (Wildman–Crippen LogP) is 3.97. The second kappa shape index (κ2) is 3.82. The molecule has 1 heteroatoms. The standard InChI is InChI=1S/C15H19N/c1-10-6-11(2)8-15(7-10)16-9-12(3)13(4)14(16)5/h6-8H,5,9H2,1-4H3. The lowest BCUT2D eigenvalue weighted by molar-refractivity contribution is 1.05. The van der Waals surface area contributed by atoms with Crippen molar-refractivity contribution in [3.63, 3.8) is 0 Å². The third-order valence-electron chi connectivity index (χ3n) is 3.31. The van der Waals surface area contributed by atoms with Crippen LogP contribution >= 0.6 is 0 Å². The molecule has 1 aromatic rings. The molecule has 2 rings (SSSR count). The number of anilines is 1. The van der Waals surface area contributed by atoms with E-state index in [9.17, 15) is 0 Å². The molecule has 0 aliphatic carbocycles. The van der Waals surface area contributed by atoms with E-state index in [1.54, 1.807) is 0 Å². The van der Waals surface area contributed by atoms with Crippen LogP contribution < -0.4 is 4.90 Å². The average molecular weight is 213 g/mol. The maximum atomic E-state index is 4.17. The van der Waals surface area contributed by atoms with E-state index >= 15 is 0 Å². The number of aryl methyl sites for hydroxylation is 2. The second-order valence-corrected chi connectivity index (χ2v) is 4.78. The first-order chi connectivity index (χ1) is 7.49. The SMILES string of the molecule is C=C1C(C)=C(C)CN1c1cc(C)cc(C)c1. The smallest absolute Gasteiger partial charge is 0.0444 e. The molecule has 0 fully saturated rings. The number of benzene rings is 1. The summed E-state index contributed by atoms with van der Waals surface area (Å²) >= 11 is 0. The summed E-state index contributed by atoms with van der Waals surface area (Å²) < 4.78 is 0. The summed E-state index contributed by atoms with van der Waals surface area (Å²) in [5.41, 5.74) is 7.78. The van der Waals surface area contributed by atoms with Crippen LogP contribution in [-0.4, -0.2) is 6.54 Å². The molecule has 16 heavy (non-hydrogen) atoms. The minimum absolute atomic E-state index is 0.980. The maximum Gasteiger partial charge on any atom is 0.0444 e. The minimum Gasteiger partial charge on any atom is -0.338 e. The van der Waals surface area contributed by atoms with Crippen LogP contribution in [0.2, 0.25) is 0 Å². The Hall–Kier alpha value is -1.50. The Balaban J connectivity index is 2.38. The van der Waals surface area contributed by atoms with Crippen molar-refractivity contribution in [3.8, 4) is 0 Å². The van der Waals surface area contributed by atoms with E-state index in [4.69, 9.17) is 0 Å². The summed E-state index contributed by atoms with van der Waals surface area (Å²) in [6.07, 6.45) is 0. The molecule has 0 unspecified atom stereocenters. The van der Waals surface area contributed by atoms with Crippen LogP contribution in [0.3, 0.4) is 0 Å². The molecule has 84 valence electrons. The summed E-state index contributed by atoms with van der Waals surface area (Å²) in [6.45, 7) is 13.8. The molecule has 0 saturated carbocycles. The van der Waals surface area contributed by atoms with Crippen LogP contribution in [0.4, 0.5) is 5.69 Å². The molecule has 0 spiro atoms. The molecule has 0 N–H and O–H groups in total. The van der Waals surface area contributed by atoms with Gasteiger partial charge in [0.1, 0.15) is 0 Å². The van der Waals surface area contributed by atoms with E-state index in [0.717, 1.165) is 12.2 Å². The molecule has 0 bridgehead atoms. The molecule has 0 saturated heterocycles. The maximum absolute atomic E-state index is 4.17. The van der Waals surface area contributed by atoms with Crippen molar-refractivity contribution in [2.75, 3.05) is 11.4 Å². The van der Waals surface area contributed by atoms with Crippen molar-refractivity contribution in [3.05, 3.63) is 52.7 Å². The zero-order valence-corrected chi connectivity index (χ0v) is 10.6. The van der Waals surface area contributed by atoms with Gasteiger partial charge in [-0.15, -0.1) is 0 Å². The fourth-order valence-electron chi connectivity index (χ4n) is 2.25. The van der Waals surface area contributed by atoms with E-state index in [2.05, 4.69) is 57.4 Å². The molecule has 1 aliphatic rings. The van der Waals surface area contributed by atoms with E-state index < -0.39 is 0 Å². The van der Waals surface area contributed by atoms with Gasteiger partial charge in [-0.2, -0.15) is 0 Å². The molecule has 1 nitrogen and oxygen atoms in total. The van der Waals surface area contributed by atoms with Crippen LogP contribution in [0.25, 0.3) is 0 Å². The molecule has 1 heterocycles. The number of hydrogen-bond acceptors (Lipinski definition) is 1. The van der Waals surface area contributed by atoms with Gasteiger partial charge in [0.2, 0.25) is 0 Å². The van der Waals surface area contributed by atoms with Gasteiger partial charge in [-0.3, -0.25) is 0 Å². The lowest BCUT2D eigenvalue weighted by Crippen LogP contribution is -2.18. The van der Waals surface area contributed by atoms with Crippen molar-refractivity contribution in [2.24, 2.45) is 0 Å². The van der Waals surface area contributed by atoms with Gasteiger partial charge in [0, 0.05) is 17.9 Å².